The molecular formula is C27H40ClN3O. The first-order valence-corrected chi connectivity index (χ1v) is 12.7. The van der Waals surface area contributed by atoms with Gasteiger partial charge in [0.1, 0.15) is 5.82 Å². The number of halogens is 1. The molecule has 2 aliphatic rings. The molecule has 1 saturated carbocycles. The minimum absolute atomic E-state index is 0.335. The van der Waals surface area contributed by atoms with Crippen molar-refractivity contribution in [2.45, 2.75) is 77.7 Å². The molecule has 3 rings (SSSR count). The molecular weight excluding hydrogens is 418 g/mol. The van der Waals surface area contributed by atoms with Crippen LogP contribution in [0.3, 0.4) is 0 Å². The third kappa shape index (κ3) is 7.38. The van der Waals surface area contributed by atoms with Gasteiger partial charge in [0, 0.05) is 43.3 Å². The van der Waals surface area contributed by atoms with E-state index in [1.165, 1.54) is 44.9 Å². The Morgan fingerprint density at radius 2 is 2.03 bits per heavy atom. The lowest BCUT2D eigenvalue weighted by molar-refractivity contribution is 0.0113. The van der Waals surface area contributed by atoms with E-state index in [0.29, 0.717) is 16.5 Å². The van der Waals surface area contributed by atoms with Crippen molar-refractivity contribution in [1.82, 2.24) is 10.3 Å². The molecule has 0 aromatic carbocycles. The highest BCUT2D eigenvalue weighted by molar-refractivity contribution is 6.32. The van der Waals surface area contributed by atoms with Gasteiger partial charge in [-0.05, 0) is 62.2 Å². The quantitative estimate of drug-likeness (QED) is 0.366. The number of rotatable bonds is 10. The molecule has 1 saturated heterocycles. The number of anilines is 1. The molecule has 0 atom stereocenters. The van der Waals surface area contributed by atoms with Gasteiger partial charge in [-0.3, -0.25) is 0 Å². The Hall–Kier alpha value is -1.78. The Kier molecular flexibility index (Phi) is 9.68. The second-order valence-electron chi connectivity index (χ2n) is 9.48. The zero-order valence-corrected chi connectivity index (χ0v) is 20.6. The zero-order valence-electron chi connectivity index (χ0n) is 19.9. The number of aromatic nitrogens is 1. The van der Waals surface area contributed by atoms with Gasteiger partial charge >= 0.3 is 0 Å². The summed E-state index contributed by atoms with van der Waals surface area (Å²) in [4.78, 5) is 4.49. The minimum Gasteiger partial charge on any atom is -0.385 e. The number of hydrogen-bond acceptors (Lipinski definition) is 4. The van der Waals surface area contributed by atoms with E-state index < -0.39 is 0 Å². The Labute approximate surface area is 199 Å². The number of hydrogen-bond donors (Lipinski definition) is 2. The fourth-order valence-corrected chi connectivity index (χ4v) is 5.14. The molecule has 1 aliphatic heterocycles. The molecule has 0 spiro atoms. The van der Waals surface area contributed by atoms with Crippen LogP contribution in [0.4, 0.5) is 5.82 Å². The normalized spacial score (nSPS) is 19.8. The maximum absolute atomic E-state index is 6.46. The van der Waals surface area contributed by atoms with Crippen molar-refractivity contribution in [3.05, 3.63) is 53.4 Å². The van der Waals surface area contributed by atoms with Crippen LogP contribution in [-0.4, -0.2) is 30.8 Å². The highest BCUT2D eigenvalue weighted by Gasteiger charge is 2.31. The summed E-state index contributed by atoms with van der Waals surface area (Å²) in [7, 11) is 0. The predicted octanol–water partition coefficient (Wildman–Crippen LogP) is 7.14. The number of nitrogens with one attached hydrogen (secondary N) is 2. The lowest BCUT2D eigenvalue weighted by atomic mass is 9.76. The molecule has 0 unspecified atom stereocenters. The summed E-state index contributed by atoms with van der Waals surface area (Å²) in [6.45, 7) is 11.2. The van der Waals surface area contributed by atoms with Gasteiger partial charge in [-0.2, -0.15) is 0 Å². The Morgan fingerprint density at radius 3 is 2.75 bits per heavy atom. The number of pyridine rings is 1. The van der Waals surface area contributed by atoms with Gasteiger partial charge in [0.15, 0.2) is 0 Å². The Morgan fingerprint density at radius 1 is 1.28 bits per heavy atom. The highest BCUT2D eigenvalue weighted by Crippen LogP contribution is 2.35. The van der Waals surface area contributed by atoms with E-state index in [0.717, 1.165) is 55.3 Å². The fourth-order valence-electron chi connectivity index (χ4n) is 4.88. The van der Waals surface area contributed by atoms with Crippen molar-refractivity contribution in [3.63, 3.8) is 0 Å². The van der Waals surface area contributed by atoms with Gasteiger partial charge in [0.05, 0.1) is 5.02 Å². The summed E-state index contributed by atoms with van der Waals surface area (Å²) in [6, 6.07) is 2.60. The SMILES string of the molecule is C=C(/C=C\C=C(/C)c1cc(NC2CCCCC2)ncc1Cl)NCC1(CCC)CCOCC1. The lowest BCUT2D eigenvalue weighted by Crippen LogP contribution is -2.38. The summed E-state index contributed by atoms with van der Waals surface area (Å²) in [6.07, 6.45) is 19.0. The summed E-state index contributed by atoms with van der Waals surface area (Å²) in [5, 5.41) is 7.82. The largest absolute Gasteiger partial charge is 0.385 e. The first kappa shape index (κ1) is 24.9. The van der Waals surface area contributed by atoms with Crippen molar-refractivity contribution in [2.24, 2.45) is 5.41 Å². The second kappa shape index (κ2) is 12.5. The van der Waals surface area contributed by atoms with Gasteiger partial charge < -0.3 is 15.4 Å². The third-order valence-corrected chi connectivity index (χ3v) is 7.21. The first-order chi connectivity index (χ1) is 15.5. The van der Waals surface area contributed by atoms with Crippen LogP contribution in [0.5, 0.6) is 0 Å². The number of nitrogens with zero attached hydrogens (tertiary/aromatic N) is 1. The van der Waals surface area contributed by atoms with Crippen LogP contribution in [0.2, 0.25) is 5.02 Å². The number of allylic oxidation sites excluding steroid dienone is 4. The van der Waals surface area contributed by atoms with Crippen LogP contribution in [0.15, 0.2) is 42.8 Å². The zero-order chi connectivity index (χ0) is 22.8. The predicted molar refractivity (Wildman–Crippen MR) is 137 cm³/mol. The molecule has 2 heterocycles. The minimum atomic E-state index is 0.335. The first-order valence-electron chi connectivity index (χ1n) is 12.3. The fraction of sp³-hybridized carbons (Fsp3) is 0.593. The molecule has 0 radical (unpaired) electrons. The van der Waals surface area contributed by atoms with E-state index >= 15 is 0 Å². The van der Waals surface area contributed by atoms with Gasteiger partial charge in [-0.25, -0.2) is 4.98 Å². The summed E-state index contributed by atoms with van der Waals surface area (Å²) in [5.41, 5.74) is 3.41. The molecule has 176 valence electrons. The maximum Gasteiger partial charge on any atom is 0.126 e. The van der Waals surface area contributed by atoms with Crippen molar-refractivity contribution in [3.8, 4) is 0 Å². The maximum atomic E-state index is 6.46. The van der Waals surface area contributed by atoms with Crippen LogP contribution < -0.4 is 10.6 Å². The van der Waals surface area contributed by atoms with Gasteiger partial charge in [0.25, 0.3) is 0 Å². The lowest BCUT2D eigenvalue weighted by Gasteiger charge is -2.37. The van der Waals surface area contributed by atoms with Crippen molar-refractivity contribution in [1.29, 1.82) is 0 Å². The molecule has 32 heavy (non-hydrogen) atoms. The van der Waals surface area contributed by atoms with Crippen LogP contribution >= 0.6 is 11.6 Å². The highest BCUT2D eigenvalue weighted by atomic mass is 35.5. The third-order valence-electron chi connectivity index (χ3n) is 6.91. The van der Waals surface area contributed by atoms with Crippen LogP contribution in [0, 0.1) is 5.41 Å². The van der Waals surface area contributed by atoms with Gasteiger partial charge in [-0.1, -0.05) is 62.9 Å². The molecule has 0 amide bonds. The number of ether oxygens (including phenoxy) is 1. The van der Waals surface area contributed by atoms with Crippen molar-refractivity contribution < 1.29 is 4.74 Å². The summed E-state index contributed by atoms with van der Waals surface area (Å²) < 4.78 is 5.58. The topological polar surface area (TPSA) is 46.2 Å². The van der Waals surface area contributed by atoms with E-state index in [4.69, 9.17) is 16.3 Å². The van der Waals surface area contributed by atoms with Crippen LogP contribution in [-0.2, 0) is 4.74 Å². The molecule has 2 N–H and O–H groups in total. The standard InChI is InChI=1S/C27H40ClN3O/c1-4-13-27(14-16-32-17-15-27)20-30-22(3)10-8-9-21(2)24-18-26(29-19-25(24)28)31-23-11-6-5-7-12-23/h8-10,18-19,23,30H,3-7,11-17,20H2,1-2H3,(H,29,31)/b10-8-,21-9+. The van der Waals surface area contributed by atoms with Crippen LogP contribution in [0.25, 0.3) is 5.57 Å². The average molecular weight is 458 g/mol. The second-order valence-corrected chi connectivity index (χ2v) is 9.89. The molecule has 0 bridgehead atoms. The molecule has 2 fully saturated rings. The monoisotopic (exact) mass is 457 g/mol. The molecule has 5 heteroatoms. The summed E-state index contributed by atoms with van der Waals surface area (Å²) in [5.74, 6) is 0.914. The van der Waals surface area contributed by atoms with Gasteiger partial charge in [-0.15, -0.1) is 0 Å². The van der Waals surface area contributed by atoms with E-state index in [-0.39, 0.29) is 0 Å². The smallest absolute Gasteiger partial charge is 0.126 e. The molecule has 1 aromatic rings. The molecule has 1 aliphatic carbocycles. The van der Waals surface area contributed by atoms with Crippen molar-refractivity contribution >= 4 is 23.0 Å². The van der Waals surface area contributed by atoms with E-state index in [1.807, 2.05) is 12.2 Å². The van der Waals surface area contributed by atoms with Crippen LogP contribution in [0.1, 0.15) is 77.2 Å². The van der Waals surface area contributed by atoms with E-state index in [1.54, 1.807) is 6.20 Å². The van der Waals surface area contributed by atoms with Crippen molar-refractivity contribution in [2.75, 3.05) is 25.1 Å². The summed E-state index contributed by atoms with van der Waals surface area (Å²) >= 11 is 6.46. The molecule has 4 nitrogen and oxygen atoms in total. The molecule has 1 aromatic heterocycles. The van der Waals surface area contributed by atoms with Gasteiger partial charge in [0.2, 0.25) is 0 Å². The Balaban J connectivity index is 1.56. The Bertz CT molecular complexity index is 800. The van der Waals surface area contributed by atoms with E-state index in [2.05, 4.69) is 48.2 Å². The van der Waals surface area contributed by atoms with E-state index in [9.17, 15) is 0 Å². The average Bonchev–Trinajstić information content (AvgIpc) is 2.80.